The molecule has 2 aromatic carbocycles. The molecule has 0 aliphatic heterocycles. The van der Waals surface area contributed by atoms with Crippen molar-refractivity contribution in [2.75, 3.05) is 0 Å². The van der Waals surface area contributed by atoms with Gasteiger partial charge >= 0.3 is 0 Å². The van der Waals surface area contributed by atoms with Gasteiger partial charge in [0.2, 0.25) is 0 Å². The van der Waals surface area contributed by atoms with Gasteiger partial charge in [0.1, 0.15) is 5.75 Å². The topological polar surface area (TPSA) is 37.3 Å². The lowest BCUT2D eigenvalue weighted by atomic mass is 9.78. The average Bonchev–Trinajstić information content (AvgIpc) is 2.51. The summed E-state index contributed by atoms with van der Waals surface area (Å²) in [6.45, 7) is 14.2. The summed E-state index contributed by atoms with van der Waals surface area (Å²) in [4.78, 5) is 11.9. The van der Waals surface area contributed by atoms with Crippen LogP contribution in [0.2, 0.25) is 0 Å². The minimum Gasteiger partial charge on any atom is -0.507 e. The van der Waals surface area contributed by atoms with Crippen LogP contribution in [0.25, 0.3) is 0 Å². The Balaban J connectivity index is 2.74. The summed E-state index contributed by atoms with van der Waals surface area (Å²) in [5.41, 5.74) is 3.61. The molecule has 0 spiro atoms. The van der Waals surface area contributed by atoms with E-state index in [0.29, 0.717) is 5.75 Å². The van der Waals surface area contributed by atoms with Crippen molar-refractivity contribution in [2.45, 2.75) is 64.5 Å². The highest BCUT2D eigenvalue weighted by molar-refractivity contribution is 8.13. The van der Waals surface area contributed by atoms with Crippen LogP contribution in [-0.2, 0) is 15.6 Å². The number of phenolic OH excluding ortho intramolecular Hbond substituents is 1. The number of benzene rings is 2. The first-order valence-electron chi connectivity index (χ1n) is 9.01. The van der Waals surface area contributed by atoms with Crippen molar-refractivity contribution in [1.29, 1.82) is 0 Å². The van der Waals surface area contributed by atoms with Crippen molar-refractivity contribution < 1.29 is 9.90 Å². The quantitative estimate of drug-likeness (QED) is 0.683. The van der Waals surface area contributed by atoms with Gasteiger partial charge in [-0.1, -0.05) is 95.8 Å². The third kappa shape index (κ3) is 4.70. The largest absolute Gasteiger partial charge is 0.507 e. The highest BCUT2D eigenvalue weighted by Gasteiger charge is 2.29. The van der Waals surface area contributed by atoms with Crippen LogP contribution in [0.3, 0.4) is 0 Å². The van der Waals surface area contributed by atoms with E-state index in [2.05, 4.69) is 65.8 Å². The molecule has 2 aromatic rings. The Morgan fingerprint density at radius 3 is 1.73 bits per heavy atom. The summed E-state index contributed by atoms with van der Waals surface area (Å²) >= 11 is 1.33. The maximum Gasteiger partial charge on any atom is 0.186 e. The van der Waals surface area contributed by atoms with Gasteiger partial charge in [0.25, 0.3) is 0 Å². The fraction of sp³-hybridized carbons (Fsp3) is 0.435. The number of phenols is 1. The van der Waals surface area contributed by atoms with E-state index in [0.717, 1.165) is 22.3 Å². The number of carbonyl (C=O) groups excluding carboxylic acids is 1. The average molecular weight is 371 g/mol. The summed E-state index contributed by atoms with van der Waals surface area (Å²) < 4.78 is 0. The Bertz CT molecular complexity index is 745. The van der Waals surface area contributed by atoms with E-state index in [1.807, 2.05) is 18.2 Å². The van der Waals surface area contributed by atoms with Crippen molar-refractivity contribution in [3.63, 3.8) is 0 Å². The molecule has 0 heterocycles. The van der Waals surface area contributed by atoms with Gasteiger partial charge < -0.3 is 5.11 Å². The maximum atomic E-state index is 11.9. The first kappa shape index (κ1) is 20.6. The zero-order valence-corrected chi connectivity index (χ0v) is 17.7. The van der Waals surface area contributed by atoms with Crippen LogP contribution in [0.4, 0.5) is 0 Å². The van der Waals surface area contributed by atoms with Crippen molar-refractivity contribution in [1.82, 2.24) is 0 Å². The molecule has 26 heavy (non-hydrogen) atoms. The summed E-state index contributed by atoms with van der Waals surface area (Å²) in [5.74, 6) is 0.369. The molecule has 1 unspecified atom stereocenters. The first-order chi connectivity index (χ1) is 11.9. The first-order valence-corrected chi connectivity index (χ1v) is 9.89. The molecular weight excluding hydrogens is 340 g/mol. The van der Waals surface area contributed by atoms with E-state index in [4.69, 9.17) is 0 Å². The zero-order valence-electron chi connectivity index (χ0n) is 16.9. The van der Waals surface area contributed by atoms with E-state index in [1.165, 1.54) is 11.8 Å². The molecule has 2 nitrogen and oxygen atoms in total. The molecule has 0 aromatic heterocycles. The SMILES string of the molecule is CC(=O)SC(c1ccccc1)c1cc(C(C)(C)C)c(O)c(C(C)(C)C)c1. The zero-order chi connectivity index (χ0) is 19.7. The van der Waals surface area contributed by atoms with Crippen LogP contribution in [0.5, 0.6) is 5.75 Å². The second kappa shape index (κ2) is 7.48. The second-order valence-corrected chi connectivity index (χ2v) is 10.1. The van der Waals surface area contributed by atoms with Crippen LogP contribution in [0.15, 0.2) is 42.5 Å². The molecule has 1 N–H and O–H groups in total. The second-order valence-electron chi connectivity index (χ2n) is 8.86. The number of thioether (sulfide) groups is 1. The molecule has 0 saturated carbocycles. The molecule has 0 aliphatic rings. The normalized spacial score (nSPS) is 13.5. The number of hydrogen-bond donors (Lipinski definition) is 1. The Hall–Kier alpha value is -1.74. The third-order valence-corrected chi connectivity index (χ3v) is 5.55. The van der Waals surface area contributed by atoms with Gasteiger partial charge in [-0.05, 0) is 33.1 Å². The van der Waals surface area contributed by atoms with Crippen molar-refractivity contribution >= 4 is 16.9 Å². The van der Waals surface area contributed by atoms with Gasteiger partial charge in [-0.3, -0.25) is 4.79 Å². The molecule has 0 saturated heterocycles. The molecule has 1 atom stereocenters. The summed E-state index contributed by atoms with van der Waals surface area (Å²) in [5, 5.41) is 10.9. The molecular formula is C23H30O2S. The summed E-state index contributed by atoms with van der Waals surface area (Å²) in [6.07, 6.45) is 0. The number of hydrogen-bond acceptors (Lipinski definition) is 3. The molecule has 3 heteroatoms. The minimum atomic E-state index is -0.192. The van der Waals surface area contributed by atoms with Gasteiger partial charge in [-0.2, -0.15) is 0 Å². The molecule has 0 fully saturated rings. The highest BCUT2D eigenvalue weighted by Crippen LogP contribution is 2.44. The maximum absolute atomic E-state index is 11.9. The summed E-state index contributed by atoms with van der Waals surface area (Å²) in [7, 11) is 0. The van der Waals surface area contributed by atoms with Crippen LogP contribution >= 0.6 is 11.8 Å². The smallest absolute Gasteiger partial charge is 0.186 e. The number of carbonyl (C=O) groups is 1. The minimum absolute atomic E-state index is 0.0848. The molecule has 0 bridgehead atoms. The Labute approximate surface area is 162 Å². The van der Waals surface area contributed by atoms with Gasteiger partial charge in [0, 0.05) is 6.92 Å². The van der Waals surface area contributed by atoms with E-state index >= 15 is 0 Å². The van der Waals surface area contributed by atoms with Gasteiger partial charge in [0.15, 0.2) is 5.12 Å². The van der Waals surface area contributed by atoms with Crippen molar-refractivity contribution in [3.05, 3.63) is 64.7 Å². The Morgan fingerprint density at radius 2 is 1.35 bits per heavy atom. The van der Waals surface area contributed by atoms with Gasteiger partial charge in [-0.25, -0.2) is 0 Å². The van der Waals surface area contributed by atoms with Gasteiger partial charge in [-0.15, -0.1) is 0 Å². The monoisotopic (exact) mass is 370 g/mol. The number of aromatic hydroxyl groups is 1. The third-order valence-electron chi connectivity index (χ3n) is 4.44. The van der Waals surface area contributed by atoms with Crippen molar-refractivity contribution in [2.24, 2.45) is 0 Å². The molecule has 140 valence electrons. The number of rotatable bonds is 3. The summed E-state index contributed by atoms with van der Waals surface area (Å²) in [6, 6.07) is 14.2. The molecule has 2 rings (SSSR count). The molecule has 0 aliphatic carbocycles. The Kier molecular flexibility index (Phi) is 5.92. The Morgan fingerprint density at radius 1 is 0.885 bits per heavy atom. The van der Waals surface area contributed by atoms with Crippen LogP contribution in [0, 0.1) is 0 Å². The predicted octanol–water partition coefficient (Wildman–Crippen LogP) is 6.36. The standard InChI is InChI=1S/C23H30O2S/c1-15(24)26-21(16-11-9-8-10-12-16)17-13-18(22(2,3)4)20(25)19(14-17)23(5,6)7/h8-14,21,25H,1-7H3. The molecule has 0 radical (unpaired) electrons. The highest BCUT2D eigenvalue weighted by atomic mass is 32.2. The predicted molar refractivity (Wildman–Crippen MR) is 112 cm³/mol. The lowest BCUT2D eigenvalue weighted by molar-refractivity contribution is -0.109. The fourth-order valence-electron chi connectivity index (χ4n) is 3.07. The van der Waals surface area contributed by atoms with Crippen LogP contribution in [0.1, 0.15) is 76.0 Å². The van der Waals surface area contributed by atoms with Crippen LogP contribution in [-0.4, -0.2) is 10.2 Å². The lowest BCUT2D eigenvalue weighted by Gasteiger charge is -2.29. The lowest BCUT2D eigenvalue weighted by Crippen LogP contribution is -2.18. The molecule has 0 amide bonds. The van der Waals surface area contributed by atoms with Gasteiger partial charge in [0.05, 0.1) is 5.25 Å². The fourth-order valence-corrected chi connectivity index (χ4v) is 3.97. The van der Waals surface area contributed by atoms with E-state index in [1.54, 1.807) is 6.92 Å². The van der Waals surface area contributed by atoms with E-state index in [-0.39, 0.29) is 21.2 Å². The van der Waals surface area contributed by atoms with Crippen molar-refractivity contribution in [3.8, 4) is 5.75 Å². The van der Waals surface area contributed by atoms with E-state index in [9.17, 15) is 9.90 Å². The van der Waals surface area contributed by atoms with Crippen LogP contribution < -0.4 is 0 Å². The van der Waals surface area contributed by atoms with E-state index < -0.39 is 0 Å².